The molecule has 2 aromatic carbocycles. The molecule has 0 aromatic heterocycles. The summed E-state index contributed by atoms with van der Waals surface area (Å²) in [4.78, 5) is 15.7. The highest BCUT2D eigenvalue weighted by molar-refractivity contribution is 6.03. The van der Waals surface area contributed by atoms with Gasteiger partial charge in [0.2, 0.25) is 0 Å². The van der Waals surface area contributed by atoms with Crippen LogP contribution < -0.4 is 4.74 Å². The summed E-state index contributed by atoms with van der Waals surface area (Å²) in [7, 11) is 3.76. The Morgan fingerprint density at radius 3 is 2.52 bits per heavy atom. The summed E-state index contributed by atoms with van der Waals surface area (Å²) >= 11 is 0. The fourth-order valence-corrected chi connectivity index (χ4v) is 4.78. The summed E-state index contributed by atoms with van der Waals surface area (Å²) in [6.07, 6.45) is 6.86. The van der Waals surface area contributed by atoms with Crippen molar-refractivity contribution < 1.29 is 9.53 Å². The van der Waals surface area contributed by atoms with E-state index in [-0.39, 0.29) is 11.9 Å². The zero-order valence-electron chi connectivity index (χ0n) is 18.9. The molecule has 0 N–H and O–H groups in total. The van der Waals surface area contributed by atoms with Crippen LogP contribution in [0.15, 0.2) is 53.6 Å². The molecule has 1 aliphatic carbocycles. The second kappa shape index (κ2) is 9.65. The van der Waals surface area contributed by atoms with Crippen LogP contribution in [0.1, 0.15) is 61.3 Å². The molecule has 0 radical (unpaired) electrons. The second-order valence-electron chi connectivity index (χ2n) is 8.82. The molecule has 0 bridgehead atoms. The molecule has 1 fully saturated rings. The van der Waals surface area contributed by atoms with E-state index in [1.54, 1.807) is 12.1 Å². The molecule has 5 nitrogen and oxygen atoms in total. The lowest BCUT2D eigenvalue weighted by Crippen LogP contribution is -2.42. The van der Waals surface area contributed by atoms with E-state index >= 15 is 0 Å². The fourth-order valence-electron chi connectivity index (χ4n) is 4.78. The standard InChI is InChI=1S/C26H33N3O2/c1-19-13-15-20(16-14-19)23-17-24(22-11-7-8-12-25(22)31-3)29(27-23)26(30)18-28(2)21-9-5-4-6-10-21/h7-8,11-16,21,24H,4-6,9-10,17-18H2,1-3H3/t24-/m0/s1. The molecule has 164 valence electrons. The summed E-state index contributed by atoms with van der Waals surface area (Å²) in [5.41, 5.74) is 4.24. The van der Waals surface area contributed by atoms with Crippen LogP contribution in [0.2, 0.25) is 0 Å². The third kappa shape index (κ3) is 4.82. The molecule has 0 unspecified atom stereocenters. The Bertz CT molecular complexity index is 932. The monoisotopic (exact) mass is 419 g/mol. The summed E-state index contributed by atoms with van der Waals surface area (Å²) in [6, 6.07) is 16.7. The van der Waals surface area contributed by atoms with E-state index in [0.717, 1.165) is 22.6 Å². The van der Waals surface area contributed by atoms with Gasteiger partial charge >= 0.3 is 0 Å². The lowest BCUT2D eigenvalue weighted by Gasteiger charge is -2.32. The van der Waals surface area contributed by atoms with Gasteiger partial charge in [-0.15, -0.1) is 0 Å². The van der Waals surface area contributed by atoms with E-state index in [4.69, 9.17) is 9.84 Å². The van der Waals surface area contributed by atoms with Gasteiger partial charge in [-0.3, -0.25) is 9.69 Å². The van der Waals surface area contributed by atoms with Crippen molar-refractivity contribution in [1.82, 2.24) is 9.91 Å². The van der Waals surface area contributed by atoms with Gasteiger partial charge in [0.15, 0.2) is 0 Å². The number of carbonyl (C=O) groups excluding carboxylic acids is 1. The van der Waals surface area contributed by atoms with Gasteiger partial charge in [-0.1, -0.05) is 67.3 Å². The van der Waals surface area contributed by atoms with Gasteiger partial charge in [-0.2, -0.15) is 5.10 Å². The Kier molecular flexibility index (Phi) is 6.71. The molecule has 1 atom stereocenters. The summed E-state index contributed by atoms with van der Waals surface area (Å²) in [6.45, 7) is 2.47. The lowest BCUT2D eigenvalue weighted by molar-refractivity contribution is -0.134. The molecule has 1 saturated carbocycles. The van der Waals surface area contributed by atoms with E-state index in [1.807, 2.05) is 24.3 Å². The molecular weight excluding hydrogens is 386 g/mol. The number of ether oxygens (including phenoxy) is 1. The molecule has 1 aliphatic heterocycles. The minimum absolute atomic E-state index is 0.0473. The maximum absolute atomic E-state index is 13.4. The van der Waals surface area contributed by atoms with Gasteiger partial charge in [0.05, 0.1) is 25.4 Å². The van der Waals surface area contributed by atoms with Crippen LogP contribution in [-0.4, -0.2) is 48.3 Å². The Labute approximate surface area is 185 Å². The first-order chi connectivity index (χ1) is 15.1. The Balaban J connectivity index is 1.60. The van der Waals surface area contributed by atoms with Gasteiger partial charge in [0, 0.05) is 18.0 Å². The van der Waals surface area contributed by atoms with Crippen molar-refractivity contribution in [3.05, 3.63) is 65.2 Å². The van der Waals surface area contributed by atoms with Gasteiger partial charge in [-0.25, -0.2) is 5.01 Å². The molecule has 0 spiro atoms. The van der Waals surface area contributed by atoms with Gasteiger partial charge < -0.3 is 4.74 Å². The Morgan fingerprint density at radius 2 is 1.81 bits per heavy atom. The summed E-state index contributed by atoms with van der Waals surface area (Å²) in [5, 5.41) is 6.54. The van der Waals surface area contributed by atoms with E-state index in [1.165, 1.54) is 37.7 Å². The van der Waals surface area contributed by atoms with E-state index in [2.05, 4.69) is 43.1 Å². The van der Waals surface area contributed by atoms with Crippen LogP contribution in [0.4, 0.5) is 0 Å². The number of aryl methyl sites for hydroxylation is 1. The number of hydrazone groups is 1. The predicted molar refractivity (Wildman–Crippen MR) is 124 cm³/mol. The highest BCUT2D eigenvalue weighted by Crippen LogP contribution is 2.37. The third-order valence-electron chi connectivity index (χ3n) is 6.63. The van der Waals surface area contributed by atoms with Crippen LogP contribution in [-0.2, 0) is 4.79 Å². The first-order valence-electron chi connectivity index (χ1n) is 11.4. The normalized spacial score (nSPS) is 19.5. The largest absolute Gasteiger partial charge is 0.496 e. The van der Waals surface area contributed by atoms with Crippen LogP contribution in [0.25, 0.3) is 0 Å². The minimum Gasteiger partial charge on any atom is -0.496 e. The molecule has 5 heteroatoms. The smallest absolute Gasteiger partial charge is 0.257 e. The van der Waals surface area contributed by atoms with Crippen molar-refractivity contribution in [3.63, 3.8) is 0 Å². The van der Waals surface area contributed by atoms with E-state index in [9.17, 15) is 4.79 Å². The molecule has 2 aromatic rings. The van der Waals surface area contributed by atoms with Crippen LogP contribution in [0.3, 0.4) is 0 Å². The summed E-state index contributed by atoms with van der Waals surface area (Å²) in [5.74, 6) is 0.845. The number of benzene rings is 2. The third-order valence-corrected chi connectivity index (χ3v) is 6.63. The second-order valence-corrected chi connectivity index (χ2v) is 8.82. The highest BCUT2D eigenvalue weighted by atomic mass is 16.5. The van der Waals surface area contributed by atoms with Crippen molar-refractivity contribution >= 4 is 11.6 Å². The van der Waals surface area contributed by atoms with Crippen molar-refractivity contribution in [2.75, 3.05) is 20.7 Å². The number of hydrogen-bond donors (Lipinski definition) is 0. The molecule has 31 heavy (non-hydrogen) atoms. The molecule has 4 rings (SSSR count). The quantitative estimate of drug-likeness (QED) is 0.666. The number of rotatable bonds is 6. The Morgan fingerprint density at radius 1 is 1.10 bits per heavy atom. The van der Waals surface area contributed by atoms with Gasteiger partial charge in [0.1, 0.15) is 5.75 Å². The van der Waals surface area contributed by atoms with Crippen LogP contribution in [0.5, 0.6) is 5.75 Å². The van der Waals surface area contributed by atoms with Crippen molar-refractivity contribution in [2.45, 2.75) is 57.5 Å². The number of para-hydroxylation sites is 1. The number of amides is 1. The predicted octanol–water partition coefficient (Wildman–Crippen LogP) is 4.95. The van der Waals surface area contributed by atoms with Crippen molar-refractivity contribution in [3.8, 4) is 5.75 Å². The molecular formula is C26H33N3O2. The van der Waals surface area contributed by atoms with Gasteiger partial charge in [-0.05, 0) is 38.4 Å². The average molecular weight is 420 g/mol. The number of likely N-dealkylation sites (N-methyl/N-ethyl adjacent to an activating group) is 1. The van der Waals surface area contributed by atoms with Crippen LogP contribution >= 0.6 is 0 Å². The molecule has 1 heterocycles. The van der Waals surface area contributed by atoms with E-state index < -0.39 is 0 Å². The first kappa shape index (κ1) is 21.6. The topological polar surface area (TPSA) is 45.1 Å². The number of carbonyl (C=O) groups is 1. The minimum atomic E-state index is -0.153. The number of methoxy groups -OCH3 is 1. The number of hydrogen-bond acceptors (Lipinski definition) is 4. The van der Waals surface area contributed by atoms with Crippen molar-refractivity contribution in [2.24, 2.45) is 5.10 Å². The zero-order valence-corrected chi connectivity index (χ0v) is 18.9. The highest BCUT2D eigenvalue weighted by Gasteiger charge is 2.35. The molecule has 1 amide bonds. The first-order valence-corrected chi connectivity index (χ1v) is 11.4. The maximum atomic E-state index is 13.4. The lowest BCUT2D eigenvalue weighted by atomic mass is 9.94. The SMILES string of the molecule is COc1ccccc1[C@@H]1CC(c2ccc(C)cc2)=NN1C(=O)CN(C)C1CCCCC1. The fraction of sp³-hybridized carbons (Fsp3) is 0.462. The maximum Gasteiger partial charge on any atom is 0.257 e. The van der Waals surface area contributed by atoms with Gasteiger partial charge in [0.25, 0.3) is 5.91 Å². The molecule has 0 saturated heterocycles. The molecule has 2 aliphatic rings. The van der Waals surface area contributed by atoms with Crippen LogP contribution in [0, 0.1) is 6.92 Å². The van der Waals surface area contributed by atoms with Crippen molar-refractivity contribution in [1.29, 1.82) is 0 Å². The van der Waals surface area contributed by atoms with E-state index in [0.29, 0.717) is 19.0 Å². The summed E-state index contributed by atoms with van der Waals surface area (Å²) < 4.78 is 5.62. The average Bonchev–Trinajstić information content (AvgIpc) is 3.25. The zero-order chi connectivity index (χ0) is 21.8. The number of nitrogens with zero attached hydrogens (tertiary/aromatic N) is 3. The Hall–Kier alpha value is -2.66.